The Kier molecular flexibility index (Phi) is 3.14. The topological polar surface area (TPSA) is 68.5 Å². The normalized spacial score (nSPS) is 9.86. The third kappa shape index (κ3) is 2.26. The number of halogens is 1. The van der Waals surface area contributed by atoms with Crippen LogP contribution in [0.15, 0.2) is 12.3 Å². The van der Waals surface area contributed by atoms with Crippen LogP contribution in [0.5, 0.6) is 0 Å². The van der Waals surface area contributed by atoms with Crippen LogP contribution < -0.4 is 0 Å². The molecule has 0 atom stereocenters. The van der Waals surface area contributed by atoms with Gasteiger partial charge in [-0.1, -0.05) is 11.6 Å². The maximum Gasteiger partial charge on any atom is 0.352 e. The highest BCUT2D eigenvalue weighted by Crippen LogP contribution is 2.14. The number of rotatable bonds is 3. The number of aromatic carboxylic acids is 1. The average molecular weight is 218 g/mol. The maximum atomic E-state index is 10.9. The number of carbonyl (C=O) groups excluding carboxylic acids is 1. The number of nitrogens with zero attached hydrogens (tertiary/aromatic N) is 1. The molecule has 0 fully saturated rings. The quantitative estimate of drug-likeness (QED) is 0.768. The number of methoxy groups -OCH3 is 1. The summed E-state index contributed by atoms with van der Waals surface area (Å²) in [4.78, 5) is 21.6. The molecule has 0 saturated heterocycles. The molecule has 0 saturated carbocycles. The molecular weight excluding hydrogens is 210 g/mol. The zero-order valence-corrected chi connectivity index (χ0v) is 8.11. The van der Waals surface area contributed by atoms with Crippen molar-refractivity contribution in [2.75, 3.05) is 7.11 Å². The Balaban J connectivity index is 2.95. The first kappa shape index (κ1) is 10.6. The Bertz CT molecular complexity index is 371. The molecule has 1 rings (SSSR count). The van der Waals surface area contributed by atoms with Gasteiger partial charge in [-0.2, -0.15) is 0 Å². The van der Waals surface area contributed by atoms with Crippen LogP contribution in [0.2, 0.25) is 5.02 Å². The fraction of sp³-hybridized carbons (Fsp3) is 0.250. The summed E-state index contributed by atoms with van der Waals surface area (Å²) in [6.07, 6.45) is 1.36. The number of carbonyl (C=O) groups is 2. The molecule has 0 aliphatic heterocycles. The number of carboxylic acids is 1. The van der Waals surface area contributed by atoms with Gasteiger partial charge in [0.25, 0.3) is 0 Å². The van der Waals surface area contributed by atoms with Gasteiger partial charge in [0.15, 0.2) is 0 Å². The Morgan fingerprint density at radius 1 is 1.64 bits per heavy atom. The summed E-state index contributed by atoms with van der Waals surface area (Å²) < 4.78 is 5.62. The molecular formula is C8H8ClNO4. The molecule has 0 bridgehead atoms. The lowest BCUT2D eigenvalue weighted by Gasteiger charge is -2.03. The Morgan fingerprint density at radius 3 is 2.79 bits per heavy atom. The van der Waals surface area contributed by atoms with E-state index in [1.807, 2.05) is 0 Å². The standard InChI is InChI=1S/C8H8ClNO4/c1-14-7(11)4-10-3-5(9)2-6(10)8(12)13/h2-3H,4H2,1H3,(H,12,13). The summed E-state index contributed by atoms with van der Waals surface area (Å²) in [5.41, 5.74) is -0.0413. The van der Waals surface area contributed by atoms with E-state index in [9.17, 15) is 9.59 Å². The molecule has 0 spiro atoms. The predicted molar refractivity (Wildman–Crippen MR) is 48.4 cm³/mol. The molecule has 14 heavy (non-hydrogen) atoms. The zero-order chi connectivity index (χ0) is 10.7. The van der Waals surface area contributed by atoms with Crippen molar-refractivity contribution in [3.63, 3.8) is 0 Å². The van der Waals surface area contributed by atoms with Crippen LogP contribution in [0.3, 0.4) is 0 Å². The SMILES string of the molecule is COC(=O)Cn1cc(Cl)cc1C(=O)O. The third-order valence-electron chi connectivity index (χ3n) is 1.61. The van der Waals surface area contributed by atoms with E-state index < -0.39 is 11.9 Å². The van der Waals surface area contributed by atoms with Crippen LogP contribution in [0, 0.1) is 0 Å². The van der Waals surface area contributed by atoms with Gasteiger partial charge >= 0.3 is 11.9 Å². The number of carboxylic acid groups (broad SMARTS) is 1. The fourth-order valence-electron chi connectivity index (χ4n) is 0.988. The van der Waals surface area contributed by atoms with Crippen molar-refractivity contribution in [1.82, 2.24) is 4.57 Å². The van der Waals surface area contributed by atoms with Crippen LogP contribution in [-0.2, 0) is 16.1 Å². The first-order valence-corrected chi connectivity index (χ1v) is 4.08. The smallest absolute Gasteiger partial charge is 0.352 e. The Hall–Kier alpha value is -1.49. The van der Waals surface area contributed by atoms with Crippen LogP contribution in [0.4, 0.5) is 0 Å². The van der Waals surface area contributed by atoms with Crippen LogP contribution >= 0.6 is 11.6 Å². The summed E-state index contributed by atoms with van der Waals surface area (Å²) >= 11 is 5.60. The summed E-state index contributed by atoms with van der Waals surface area (Å²) in [5, 5.41) is 9.00. The van der Waals surface area contributed by atoms with Crippen molar-refractivity contribution in [1.29, 1.82) is 0 Å². The van der Waals surface area contributed by atoms with E-state index >= 15 is 0 Å². The molecule has 0 radical (unpaired) electrons. The largest absolute Gasteiger partial charge is 0.477 e. The van der Waals surface area contributed by atoms with E-state index in [0.29, 0.717) is 0 Å². The molecule has 0 unspecified atom stereocenters. The summed E-state index contributed by atoms with van der Waals surface area (Å²) in [6, 6.07) is 1.27. The lowest BCUT2D eigenvalue weighted by molar-refractivity contribution is -0.141. The van der Waals surface area contributed by atoms with E-state index in [1.165, 1.54) is 23.9 Å². The van der Waals surface area contributed by atoms with Gasteiger partial charge in [-0.25, -0.2) is 4.79 Å². The number of aromatic nitrogens is 1. The second-order valence-electron chi connectivity index (χ2n) is 2.55. The number of ether oxygens (including phenoxy) is 1. The zero-order valence-electron chi connectivity index (χ0n) is 7.36. The molecule has 1 heterocycles. The Morgan fingerprint density at radius 2 is 2.29 bits per heavy atom. The number of hydrogen-bond donors (Lipinski definition) is 1. The third-order valence-corrected chi connectivity index (χ3v) is 1.82. The van der Waals surface area contributed by atoms with Crippen molar-refractivity contribution in [3.05, 3.63) is 23.0 Å². The van der Waals surface area contributed by atoms with Crippen LogP contribution in [0.1, 0.15) is 10.5 Å². The first-order valence-electron chi connectivity index (χ1n) is 3.70. The van der Waals surface area contributed by atoms with Crippen molar-refractivity contribution >= 4 is 23.5 Å². The van der Waals surface area contributed by atoms with Gasteiger partial charge < -0.3 is 14.4 Å². The molecule has 0 aliphatic carbocycles. The molecule has 76 valence electrons. The minimum Gasteiger partial charge on any atom is -0.477 e. The second-order valence-corrected chi connectivity index (χ2v) is 2.99. The summed E-state index contributed by atoms with van der Waals surface area (Å²) in [7, 11) is 1.23. The highest BCUT2D eigenvalue weighted by atomic mass is 35.5. The van der Waals surface area contributed by atoms with E-state index in [0.717, 1.165) is 0 Å². The molecule has 6 heteroatoms. The van der Waals surface area contributed by atoms with E-state index in [-0.39, 0.29) is 17.3 Å². The lowest BCUT2D eigenvalue weighted by Crippen LogP contribution is -2.15. The molecule has 0 amide bonds. The summed E-state index contributed by atoms with van der Waals surface area (Å²) in [6.45, 7) is -0.162. The maximum absolute atomic E-state index is 10.9. The molecule has 1 aromatic heterocycles. The highest BCUT2D eigenvalue weighted by molar-refractivity contribution is 6.30. The molecule has 0 aromatic carbocycles. The van der Waals surface area contributed by atoms with Gasteiger partial charge in [-0.3, -0.25) is 4.79 Å². The molecule has 1 aromatic rings. The van der Waals surface area contributed by atoms with Gasteiger partial charge in [0, 0.05) is 6.20 Å². The van der Waals surface area contributed by atoms with Crippen molar-refractivity contribution in [2.24, 2.45) is 0 Å². The van der Waals surface area contributed by atoms with Crippen LogP contribution in [-0.4, -0.2) is 28.7 Å². The Labute approximate surface area is 84.8 Å². The average Bonchev–Trinajstić information content (AvgIpc) is 2.46. The predicted octanol–water partition coefficient (Wildman–Crippen LogP) is 1.01. The van der Waals surface area contributed by atoms with Crippen molar-refractivity contribution in [2.45, 2.75) is 6.54 Å². The van der Waals surface area contributed by atoms with E-state index in [1.54, 1.807) is 0 Å². The minimum absolute atomic E-state index is 0.0413. The van der Waals surface area contributed by atoms with Gasteiger partial charge in [-0.05, 0) is 6.07 Å². The minimum atomic E-state index is -1.14. The van der Waals surface area contributed by atoms with Gasteiger partial charge in [0.2, 0.25) is 0 Å². The molecule has 1 N–H and O–H groups in total. The lowest BCUT2D eigenvalue weighted by atomic mass is 10.4. The van der Waals surface area contributed by atoms with Gasteiger partial charge in [-0.15, -0.1) is 0 Å². The fourth-order valence-corrected chi connectivity index (χ4v) is 1.21. The molecule has 5 nitrogen and oxygen atoms in total. The van der Waals surface area contributed by atoms with Gasteiger partial charge in [0.05, 0.1) is 12.1 Å². The van der Waals surface area contributed by atoms with Gasteiger partial charge in [0.1, 0.15) is 12.2 Å². The second kappa shape index (κ2) is 4.15. The van der Waals surface area contributed by atoms with Crippen molar-refractivity contribution < 1.29 is 19.4 Å². The van der Waals surface area contributed by atoms with Crippen molar-refractivity contribution in [3.8, 4) is 0 Å². The first-order chi connectivity index (χ1) is 6.54. The van der Waals surface area contributed by atoms with E-state index in [2.05, 4.69) is 4.74 Å². The summed E-state index contributed by atoms with van der Waals surface area (Å²) in [5.74, 6) is -1.67. The number of hydrogen-bond acceptors (Lipinski definition) is 3. The number of esters is 1. The van der Waals surface area contributed by atoms with Crippen LogP contribution in [0.25, 0.3) is 0 Å². The monoisotopic (exact) mass is 217 g/mol. The van der Waals surface area contributed by atoms with E-state index in [4.69, 9.17) is 16.7 Å². The molecule has 0 aliphatic rings. The highest BCUT2D eigenvalue weighted by Gasteiger charge is 2.13.